The summed E-state index contributed by atoms with van der Waals surface area (Å²) >= 11 is 1.72. The van der Waals surface area contributed by atoms with Crippen LogP contribution in [0.1, 0.15) is 36.1 Å². The monoisotopic (exact) mass is 206 g/mol. The van der Waals surface area contributed by atoms with E-state index in [2.05, 4.69) is 6.07 Å². The summed E-state index contributed by atoms with van der Waals surface area (Å²) in [4.78, 5) is 1.37. The van der Waals surface area contributed by atoms with Gasteiger partial charge in [-0.2, -0.15) is 5.26 Å². The van der Waals surface area contributed by atoms with Gasteiger partial charge in [-0.1, -0.05) is 6.42 Å². The van der Waals surface area contributed by atoms with Crippen LogP contribution in [-0.2, 0) is 5.41 Å². The maximum Gasteiger partial charge on any atom is 0.100 e. The molecule has 0 aromatic carbocycles. The Balaban J connectivity index is 2.23. The number of thiophene rings is 1. The zero-order valence-corrected chi connectivity index (χ0v) is 8.94. The fraction of sp³-hybridized carbons (Fsp3) is 0.545. The van der Waals surface area contributed by atoms with Gasteiger partial charge in [-0.3, -0.25) is 0 Å². The van der Waals surface area contributed by atoms with E-state index in [0.29, 0.717) is 5.41 Å². The minimum atomic E-state index is 0.328. The van der Waals surface area contributed by atoms with E-state index in [0.717, 1.165) is 18.5 Å². The second kappa shape index (κ2) is 3.72. The van der Waals surface area contributed by atoms with E-state index in [1.807, 2.05) is 11.4 Å². The molecule has 1 aromatic heterocycles. The minimum Gasteiger partial charge on any atom is -0.330 e. The Bertz CT molecular complexity index is 358. The number of nitrogens with two attached hydrogens (primary N) is 1. The van der Waals surface area contributed by atoms with Crippen molar-refractivity contribution in [1.82, 2.24) is 0 Å². The topological polar surface area (TPSA) is 49.8 Å². The smallest absolute Gasteiger partial charge is 0.100 e. The lowest BCUT2D eigenvalue weighted by atomic mass is 9.65. The molecule has 1 aromatic rings. The summed E-state index contributed by atoms with van der Waals surface area (Å²) in [7, 11) is 0. The van der Waals surface area contributed by atoms with Crippen LogP contribution in [-0.4, -0.2) is 6.54 Å². The van der Waals surface area contributed by atoms with Crippen LogP contribution in [0.3, 0.4) is 0 Å². The van der Waals surface area contributed by atoms with E-state index in [9.17, 15) is 0 Å². The highest BCUT2D eigenvalue weighted by atomic mass is 32.1. The van der Waals surface area contributed by atoms with E-state index in [-0.39, 0.29) is 0 Å². The van der Waals surface area contributed by atoms with Crippen LogP contribution in [0.15, 0.2) is 11.4 Å². The number of hydrogen-bond donors (Lipinski definition) is 1. The van der Waals surface area contributed by atoms with Crippen LogP contribution in [0.2, 0.25) is 0 Å². The van der Waals surface area contributed by atoms with E-state index in [4.69, 9.17) is 11.0 Å². The molecule has 0 radical (unpaired) electrons. The Hall–Kier alpha value is -0.850. The van der Waals surface area contributed by atoms with E-state index in [1.165, 1.54) is 24.1 Å². The first-order chi connectivity index (χ1) is 6.80. The molecule has 0 bridgehead atoms. The molecule has 1 heterocycles. The van der Waals surface area contributed by atoms with E-state index in [1.54, 1.807) is 11.3 Å². The molecule has 2 N–H and O–H groups in total. The van der Waals surface area contributed by atoms with Crippen molar-refractivity contribution < 1.29 is 0 Å². The molecule has 0 unspecified atom stereocenters. The van der Waals surface area contributed by atoms with Crippen molar-refractivity contribution in [2.75, 3.05) is 6.54 Å². The quantitative estimate of drug-likeness (QED) is 0.825. The summed E-state index contributed by atoms with van der Waals surface area (Å²) in [5, 5.41) is 10.7. The third-order valence-corrected chi connectivity index (χ3v) is 4.36. The van der Waals surface area contributed by atoms with Gasteiger partial charge in [0, 0.05) is 15.7 Å². The Morgan fingerprint density at radius 3 is 2.79 bits per heavy atom. The molecule has 1 saturated carbocycles. The third kappa shape index (κ3) is 1.45. The molecule has 0 amide bonds. The number of nitrogens with zero attached hydrogens (tertiary/aromatic N) is 1. The molecular formula is C11H14N2S. The fourth-order valence-corrected chi connectivity index (χ4v) is 3.30. The summed E-state index contributed by atoms with van der Waals surface area (Å²) in [6, 6.07) is 4.23. The van der Waals surface area contributed by atoms with Crippen molar-refractivity contribution in [3.63, 3.8) is 0 Å². The number of rotatable bonds is 3. The predicted octanol–water partition coefficient (Wildman–Crippen LogP) is 2.39. The Morgan fingerprint density at radius 2 is 2.36 bits per heavy atom. The summed E-state index contributed by atoms with van der Waals surface area (Å²) in [5.74, 6) is 0. The summed E-state index contributed by atoms with van der Waals surface area (Å²) in [6.07, 6.45) is 4.86. The van der Waals surface area contributed by atoms with Gasteiger partial charge in [-0.15, -0.1) is 11.3 Å². The lowest BCUT2D eigenvalue weighted by molar-refractivity contribution is 0.235. The van der Waals surface area contributed by atoms with Gasteiger partial charge in [-0.25, -0.2) is 0 Å². The minimum absolute atomic E-state index is 0.328. The Morgan fingerprint density at radius 1 is 1.57 bits per heavy atom. The van der Waals surface area contributed by atoms with Crippen molar-refractivity contribution in [3.05, 3.63) is 21.9 Å². The Labute approximate surface area is 88.4 Å². The molecule has 1 fully saturated rings. The standard InChI is InChI=1S/C11H14N2S/c12-5-4-11(2-1-3-11)10-6-9(7-13)8-14-10/h6,8H,1-5,12H2. The molecule has 2 nitrogen and oxygen atoms in total. The summed E-state index contributed by atoms with van der Waals surface area (Å²) < 4.78 is 0. The van der Waals surface area contributed by atoms with Crippen LogP contribution < -0.4 is 5.73 Å². The fourth-order valence-electron chi connectivity index (χ4n) is 2.17. The average molecular weight is 206 g/mol. The molecule has 3 heteroatoms. The zero-order valence-electron chi connectivity index (χ0n) is 8.12. The van der Waals surface area contributed by atoms with Gasteiger partial charge in [0.05, 0.1) is 5.56 Å². The zero-order chi connectivity index (χ0) is 10.0. The van der Waals surface area contributed by atoms with Crippen LogP contribution in [0.25, 0.3) is 0 Å². The van der Waals surface area contributed by atoms with Gasteiger partial charge < -0.3 is 5.73 Å². The molecule has 0 saturated heterocycles. The normalized spacial score (nSPS) is 18.6. The summed E-state index contributed by atoms with van der Waals surface area (Å²) in [6.45, 7) is 0.750. The first kappa shape index (κ1) is 9.70. The largest absolute Gasteiger partial charge is 0.330 e. The lowest BCUT2D eigenvalue weighted by Crippen LogP contribution is -2.35. The highest BCUT2D eigenvalue weighted by molar-refractivity contribution is 7.10. The van der Waals surface area contributed by atoms with Crippen LogP contribution in [0.5, 0.6) is 0 Å². The van der Waals surface area contributed by atoms with Crippen molar-refractivity contribution >= 4 is 11.3 Å². The Kier molecular flexibility index (Phi) is 2.58. The predicted molar refractivity (Wildman–Crippen MR) is 58.2 cm³/mol. The van der Waals surface area contributed by atoms with Crippen molar-refractivity contribution in [2.45, 2.75) is 31.1 Å². The molecular weight excluding hydrogens is 192 g/mol. The second-order valence-corrected chi connectivity index (χ2v) is 4.90. The van der Waals surface area contributed by atoms with Crippen molar-refractivity contribution in [2.24, 2.45) is 5.73 Å². The van der Waals surface area contributed by atoms with Gasteiger partial charge in [0.1, 0.15) is 6.07 Å². The molecule has 74 valence electrons. The molecule has 1 aliphatic carbocycles. The first-order valence-corrected chi connectivity index (χ1v) is 5.88. The molecule has 0 spiro atoms. The van der Waals surface area contributed by atoms with Crippen LogP contribution in [0, 0.1) is 11.3 Å². The van der Waals surface area contributed by atoms with Crippen molar-refractivity contribution in [1.29, 1.82) is 5.26 Å². The molecule has 0 aliphatic heterocycles. The van der Waals surface area contributed by atoms with Gasteiger partial charge in [0.15, 0.2) is 0 Å². The van der Waals surface area contributed by atoms with Gasteiger partial charge >= 0.3 is 0 Å². The van der Waals surface area contributed by atoms with E-state index < -0.39 is 0 Å². The highest BCUT2D eigenvalue weighted by Gasteiger charge is 2.38. The molecule has 2 rings (SSSR count). The van der Waals surface area contributed by atoms with Gasteiger partial charge in [0.2, 0.25) is 0 Å². The maximum atomic E-state index is 8.77. The van der Waals surface area contributed by atoms with Crippen molar-refractivity contribution in [3.8, 4) is 6.07 Å². The van der Waals surface area contributed by atoms with Gasteiger partial charge in [0.25, 0.3) is 0 Å². The summed E-state index contributed by atoms with van der Waals surface area (Å²) in [5.41, 5.74) is 6.77. The van der Waals surface area contributed by atoms with Gasteiger partial charge in [-0.05, 0) is 31.9 Å². The lowest BCUT2D eigenvalue weighted by Gasteiger charge is -2.41. The maximum absolute atomic E-state index is 8.77. The van der Waals surface area contributed by atoms with Crippen LogP contribution in [0.4, 0.5) is 0 Å². The van der Waals surface area contributed by atoms with E-state index >= 15 is 0 Å². The second-order valence-electron chi connectivity index (χ2n) is 3.98. The third-order valence-electron chi connectivity index (χ3n) is 3.18. The first-order valence-electron chi connectivity index (χ1n) is 5.00. The SMILES string of the molecule is N#Cc1csc(C2(CCN)CCC2)c1. The average Bonchev–Trinajstić information content (AvgIpc) is 2.59. The molecule has 14 heavy (non-hydrogen) atoms. The highest BCUT2D eigenvalue weighted by Crippen LogP contribution is 2.48. The molecule has 1 aliphatic rings. The number of hydrogen-bond acceptors (Lipinski definition) is 3. The molecule has 0 atom stereocenters. The van der Waals surface area contributed by atoms with Crippen LogP contribution >= 0.6 is 11.3 Å². The number of nitriles is 1.